The fourth-order valence-corrected chi connectivity index (χ4v) is 5.44. The number of sulfonamides is 1. The lowest BCUT2D eigenvalue weighted by molar-refractivity contribution is 0.309. The Labute approximate surface area is 156 Å². The van der Waals surface area contributed by atoms with Crippen LogP contribution in [-0.2, 0) is 10.0 Å². The molecule has 1 aromatic carbocycles. The van der Waals surface area contributed by atoms with E-state index < -0.39 is 10.0 Å². The molecule has 3 rings (SSSR count). The topological polar surface area (TPSA) is 61.4 Å². The number of hydrogen-bond donors (Lipinski definition) is 2. The summed E-state index contributed by atoms with van der Waals surface area (Å²) in [6, 6.07) is 7.29. The molecule has 1 aromatic rings. The monoisotopic (exact) mass is 381 g/mol. The van der Waals surface area contributed by atoms with Gasteiger partial charge in [-0.15, -0.1) is 0 Å². The first kappa shape index (κ1) is 18.6. The molecule has 2 N–H and O–H groups in total. The number of nitrogens with zero attached hydrogens (tertiary/aromatic N) is 1. The Morgan fingerprint density at radius 1 is 1.08 bits per heavy atom. The highest BCUT2D eigenvalue weighted by atomic mass is 32.2. The highest BCUT2D eigenvalue weighted by Gasteiger charge is 2.27. The van der Waals surface area contributed by atoms with Gasteiger partial charge in [0.05, 0.1) is 4.90 Å². The van der Waals surface area contributed by atoms with Crippen LogP contribution in [-0.4, -0.2) is 37.0 Å². The number of benzene rings is 1. The minimum absolute atomic E-state index is 0.347. The molecular formula is C18H27N3O2S2. The zero-order chi connectivity index (χ0) is 17.9. The Balaban J connectivity index is 1.59. The summed E-state index contributed by atoms with van der Waals surface area (Å²) >= 11 is 5.41. The number of nitrogens with one attached hydrogen (secondary N) is 2. The van der Waals surface area contributed by atoms with Gasteiger partial charge in [-0.3, -0.25) is 0 Å². The second-order valence-electron chi connectivity index (χ2n) is 7.10. The van der Waals surface area contributed by atoms with Gasteiger partial charge in [-0.25, -0.2) is 8.42 Å². The van der Waals surface area contributed by atoms with E-state index in [9.17, 15) is 8.42 Å². The predicted molar refractivity (Wildman–Crippen MR) is 105 cm³/mol. The van der Waals surface area contributed by atoms with Gasteiger partial charge >= 0.3 is 0 Å². The first-order chi connectivity index (χ1) is 12.0. The molecule has 0 unspecified atom stereocenters. The van der Waals surface area contributed by atoms with E-state index in [1.807, 2.05) is 0 Å². The van der Waals surface area contributed by atoms with Crippen LogP contribution >= 0.6 is 12.2 Å². The number of thiocarbonyl (C=S) groups is 1. The van der Waals surface area contributed by atoms with Crippen LogP contribution in [0.15, 0.2) is 29.2 Å². The second kappa shape index (κ2) is 8.01. The summed E-state index contributed by atoms with van der Waals surface area (Å²) in [6.07, 6.45) is 6.82. The molecule has 2 atom stereocenters. The Morgan fingerprint density at radius 2 is 1.72 bits per heavy atom. The third-order valence-corrected chi connectivity index (χ3v) is 7.38. The standard InChI is InChI=1S/C18H27N3O2S2/c1-14-6-2-3-7-17(14)20-18(24)19-15-8-10-16(11-9-15)25(22,23)21-12-4-5-13-21/h8-11,14,17H,2-7,12-13H2,1H3,(H2,19,20,24)/t14-,17+/m1/s1. The van der Waals surface area contributed by atoms with Gasteiger partial charge in [0.2, 0.25) is 10.0 Å². The van der Waals surface area contributed by atoms with Crippen molar-refractivity contribution >= 4 is 33.0 Å². The van der Waals surface area contributed by atoms with E-state index in [1.54, 1.807) is 28.6 Å². The fourth-order valence-electron chi connectivity index (χ4n) is 3.65. The summed E-state index contributed by atoms with van der Waals surface area (Å²) in [5, 5.41) is 7.18. The van der Waals surface area contributed by atoms with Crippen molar-refractivity contribution in [1.29, 1.82) is 0 Å². The van der Waals surface area contributed by atoms with Crippen molar-refractivity contribution in [2.45, 2.75) is 56.4 Å². The van der Waals surface area contributed by atoms with Crippen molar-refractivity contribution in [2.24, 2.45) is 5.92 Å². The van der Waals surface area contributed by atoms with Gasteiger partial charge in [-0.05, 0) is 68.1 Å². The van der Waals surface area contributed by atoms with Gasteiger partial charge in [0, 0.05) is 24.8 Å². The maximum absolute atomic E-state index is 12.5. The predicted octanol–water partition coefficient (Wildman–Crippen LogP) is 3.34. The molecule has 0 radical (unpaired) electrons. The second-order valence-corrected chi connectivity index (χ2v) is 9.45. The summed E-state index contributed by atoms with van der Waals surface area (Å²) in [4.78, 5) is 0.347. The van der Waals surface area contributed by atoms with Gasteiger partial charge in [-0.2, -0.15) is 4.31 Å². The minimum atomic E-state index is -3.36. The first-order valence-corrected chi connectivity index (χ1v) is 11.0. The highest BCUT2D eigenvalue weighted by molar-refractivity contribution is 7.89. The van der Waals surface area contributed by atoms with Crippen LogP contribution in [0.1, 0.15) is 45.4 Å². The number of anilines is 1. The van der Waals surface area contributed by atoms with E-state index in [4.69, 9.17) is 12.2 Å². The van der Waals surface area contributed by atoms with Crippen LogP contribution in [0.25, 0.3) is 0 Å². The van der Waals surface area contributed by atoms with Crippen LogP contribution < -0.4 is 10.6 Å². The first-order valence-electron chi connectivity index (χ1n) is 9.14. The molecule has 1 saturated heterocycles. The number of rotatable bonds is 4. The Hall–Kier alpha value is -1.18. The quantitative estimate of drug-likeness (QED) is 0.784. The molecule has 1 aliphatic carbocycles. The van der Waals surface area contributed by atoms with Crippen LogP contribution in [0, 0.1) is 5.92 Å². The molecule has 5 nitrogen and oxygen atoms in total. The van der Waals surface area contributed by atoms with Crippen molar-refractivity contribution in [1.82, 2.24) is 9.62 Å². The van der Waals surface area contributed by atoms with E-state index in [2.05, 4.69) is 17.6 Å². The zero-order valence-electron chi connectivity index (χ0n) is 14.7. The van der Waals surface area contributed by atoms with Crippen molar-refractivity contribution in [3.8, 4) is 0 Å². The molecule has 138 valence electrons. The molecule has 7 heteroatoms. The average Bonchev–Trinajstić information content (AvgIpc) is 3.13. The van der Waals surface area contributed by atoms with Crippen LogP contribution in [0.5, 0.6) is 0 Å². The van der Waals surface area contributed by atoms with Gasteiger partial charge in [0.25, 0.3) is 0 Å². The lowest BCUT2D eigenvalue weighted by Gasteiger charge is -2.30. The highest BCUT2D eigenvalue weighted by Crippen LogP contribution is 2.24. The molecule has 2 fully saturated rings. The van der Waals surface area contributed by atoms with E-state index in [0.717, 1.165) is 24.9 Å². The molecule has 0 amide bonds. The fraction of sp³-hybridized carbons (Fsp3) is 0.611. The maximum Gasteiger partial charge on any atom is 0.243 e. The molecule has 1 heterocycles. The van der Waals surface area contributed by atoms with Crippen molar-refractivity contribution in [2.75, 3.05) is 18.4 Å². The summed E-state index contributed by atoms with van der Waals surface area (Å²) in [5.74, 6) is 0.626. The molecule has 2 aliphatic rings. The van der Waals surface area contributed by atoms with Gasteiger partial charge in [0.15, 0.2) is 5.11 Å². The van der Waals surface area contributed by atoms with E-state index in [0.29, 0.717) is 35.1 Å². The smallest absolute Gasteiger partial charge is 0.243 e. The zero-order valence-corrected chi connectivity index (χ0v) is 16.3. The molecule has 0 aromatic heterocycles. The molecule has 0 spiro atoms. The summed E-state index contributed by atoms with van der Waals surface area (Å²) in [5.41, 5.74) is 0.807. The summed E-state index contributed by atoms with van der Waals surface area (Å²) in [7, 11) is -3.36. The normalized spacial score (nSPS) is 24.8. The Morgan fingerprint density at radius 3 is 2.36 bits per heavy atom. The largest absolute Gasteiger partial charge is 0.359 e. The average molecular weight is 382 g/mol. The minimum Gasteiger partial charge on any atom is -0.359 e. The van der Waals surface area contributed by atoms with Crippen LogP contribution in [0.3, 0.4) is 0 Å². The Kier molecular flexibility index (Phi) is 5.96. The Bertz CT molecular complexity index is 698. The molecule has 25 heavy (non-hydrogen) atoms. The lowest BCUT2D eigenvalue weighted by atomic mass is 9.86. The van der Waals surface area contributed by atoms with Gasteiger partial charge in [-0.1, -0.05) is 19.8 Å². The number of hydrogen-bond acceptors (Lipinski definition) is 3. The van der Waals surface area contributed by atoms with Gasteiger partial charge in [0.1, 0.15) is 0 Å². The summed E-state index contributed by atoms with van der Waals surface area (Å²) in [6.45, 7) is 3.50. The molecule has 0 bridgehead atoms. The SMILES string of the molecule is C[C@@H]1CCCC[C@@H]1NC(=S)Nc1ccc(S(=O)(=O)N2CCCC2)cc1. The maximum atomic E-state index is 12.5. The van der Waals surface area contributed by atoms with Crippen LogP contribution in [0.4, 0.5) is 5.69 Å². The van der Waals surface area contributed by atoms with Crippen molar-refractivity contribution < 1.29 is 8.42 Å². The van der Waals surface area contributed by atoms with Crippen molar-refractivity contribution in [3.05, 3.63) is 24.3 Å². The molecule has 1 aliphatic heterocycles. The van der Waals surface area contributed by atoms with Crippen LogP contribution in [0.2, 0.25) is 0 Å². The van der Waals surface area contributed by atoms with E-state index >= 15 is 0 Å². The third-order valence-electron chi connectivity index (χ3n) is 5.24. The van der Waals surface area contributed by atoms with Gasteiger partial charge < -0.3 is 10.6 Å². The molecular weight excluding hydrogens is 354 g/mol. The van der Waals surface area contributed by atoms with E-state index in [1.165, 1.54) is 19.3 Å². The summed E-state index contributed by atoms with van der Waals surface area (Å²) < 4.78 is 26.6. The lowest BCUT2D eigenvalue weighted by Crippen LogP contribution is -2.43. The molecule has 1 saturated carbocycles. The third kappa shape index (κ3) is 4.51. The van der Waals surface area contributed by atoms with E-state index in [-0.39, 0.29) is 0 Å². The van der Waals surface area contributed by atoms with Crippen molar-refractivity contribution in [3.63, 3.8) is 0 Å².